The van der Waals surface area contributed by atoms with Gasteiger partial charge in [0.1, 0.15) is 0 Å². The van der Waals surface area contributed by atoms with Crippen LogP contribution in [-0.4, -0.2) is 9.13 Å². The minimum absolute atomic E-state index is 0.193. The van der Waals surface area contributed by atoms with E-state index in [4.69, 9.17) is 0 Å². The Morgan fingerprint density at radius 1 is 0.467 bits per heavy atom. The standard InChI is InChI=1S/C41H26N4/c1-41(2)35-16-14-25(23-42)18-31(35)32-21-34-30-11-4-6-13-38(30)45(40(34)22-36(32)41)28-9-7-8-27(20-28)44-37-12-5-3-10-29(37)33-19-26(24-43)15-17-39(33)44/h3-22H,1-2H3. The predicted octanol–water partition coefficient (Wildman–Crippen LogP) is 9.93. The van der Waals surface area contributed by atoms with Gasteiger partial charge in [0, 0.05) is 38.3 Å². The monoisotopic (exact) mass is 574 g/mol. The van der Waals surface area contributed by atoms with Gasteiger partial charge in [-0.2, -0.15) is 10.5 Å². The van der Waals surface area contributed by atoms with Crippen LogP contribution < -0.4 is 0 Å². The van der Waals surface area contributed by atoms with Gasteiger partial charge in [0.2, 0.25) is 0 Å². The molecule has 2 heterocycles. The molecule has 0 saturated carbocycles. The molecule has 6 aromatic carbocycles. The second-order valence-electron chi connectivity index (χ2n) is 12.5. The number of nitriles is 2. The molecule has 0 unspecified atom stereocenters. The zero-order chi connectivity index (χ0) is 30.4. The topological polar surface area (TPSA) is 57.4 Å². The maximum Gasteiger partial charge on any atom is 0.0991 e. The van der Waals surface area contributed by atoms with Crippen molar-refractivity contribution in [1.82, 2.24) is 9.13 Å². The van der Waals surface area contributed by atoms with Crippen molar-refractivity contribution in [1.29, 1.82) is 10.5 Å². The molecule has 0 atom stereocenters. The molecule has 1 aliphatic rings. The van der Waals surface area contributed by atoms with Gasteiger partial charge in [0.05, 0.1) is 45.3 Å². The van der Waals surface area contributed by atoms with E-state index in [1.807, 2.05) is 24.3 Å². The van der Waals surface area contributed by atoms with Crippen LogP contribution in [0.5, 0.6) is 0 Å². The average molecular weight is 575 g/mol. The van der Waals surface area contributed by atoms with Crippen LogP contribution >= 0.6 is 0 Å². The second-order valence-corrected chi connectivity index (χ2v) is 12.5. The number of hydrogen-bond acceptors (Lipinski definition) is 2. The number of fused-ring (bicyclic) bond motifs is 9. The van der Waals surface area contributed by atoms with Crippen LogP contribution in [0.2, 0.25) is 0 Å². The molecule has 0 N–H and O–H groups in total. The van der Waals surface area contributed by atoms with Crippen molar-refractivity contribution >= 4 is 43.6 Å². The summed E-state index contributed by atoms with van der Waals surface area (Å²) >= 11 is 0. The lowest BCUT2D eigenvalue weighted by Crippen LogP contribution is -2.15. The van der Waals surface area contributed by atoms with Crippen molar-refractivity contribution in [2.45, 2.75) is 19.3 Å². The van der Waals surface area contributed by atoms with Crippen LogP contribution in [0, 0.1) is 22.7 Å². The molecular formula is C41H26N4. The Balaban J connectivity index is 1.32. The number of nitrogens with zero attached hydrogens (tertiary/aromatic N) is 4. The summed E-state index contributed by atoms with van der Waals surface area (Å²) in [7, 11) is 0. The highest BCUT2D eigenvalue weighted by Crippen LogP contribution is 2.51. The SMILES string of the molecule is CC1(C)c2ccc(C#N)cc2-c2cc3c4ccccc4n(-c4cccc(-n5c6ccccc6c6cc(C#N)ccc65)c4)c3cc21. The van der Waals surface area contributed by atoms with E-state index in [1.165, 1.54) is 27.5 Å². The third-order valence-corrected chi connectivity index (χ3v) is 9.75. The first-order valence-corrected chi connectivity index (χ1v) is 15.1. The third kappa shape index (κ3) is 3.40. The fourth-order valence-corrected chi connectivity index (χ4v) is 7.65. The normalized spacial score (nSPS) is 13.2. The fraction of sp³-hybridized carbons (Fsp3) is 0.0732. The summed E-state index contributed by atoms with van der Waals surface area (Å²) in [6.07, 6.45) is 0. The molecule has 2 aromatic heterocycles. The molecule has 9 rings (SSSR count). The summed E-state index contributed by atoms with van der Waals surface area (Å²) in [6, 6.07) is 47.1. The molecule has 0 bridgehead atoms. The van der Waals surface area contributed by atoms with E-state index in [1.54, 1.807) is 0 Å². The van der Waals surface area contributed by atoms with E-state index in [-0.39, 0.29) is 5.41 Å². The minimum atomic E-state index is -0.193. The zero-order valence-corrected chi connectivity index (χ0v) is 24.8. The fourth-order valence-electron chi connectivity index (χ4n) is 7.65. The van der Waals surface area contributed by atoms with Crippen molar-refractivity contribution in [3.8, 4) is 34.6 Å². The van der Waals surface area contributed by atoms with E-state index in [0.29, 0.717) is 11.1 Å². The Morgan fingerprint density at radius 2 is 1.02 bits per heavy atom. The van der Waals surface area contributed by atoms with Gasteiger partial charge >= 0.3 is 0 Å². The number of aromatic nitrogens is 2. The van der Waals surface area contributed by atoms with Crippen LogP contribution in [0.4, 0.5) is 0 Å². The van der Waals surface area contributed by atoms with Crippen molar-refractivity contribution < 1.29 is 0 Å². The maximum absolute atomic E-state index is 9.65. The van der Waals surface area contributed by atoms with E-state index in [2.05, 4.69) is 132 Å². The van der Waals surface area contributed by atoms with Crippen LogP contribution in [0.1, 0.15) is 36.1 Å². The summed E-state index contributed by atoms with van der Waals surface area (Å²) in [5, 5.41) is 23.8. The molecule has 8 aromatic rings. The van der Waals surface area contributed by atoms with Crippen molar-refractivity contribution in [2.24, 2.45) is 0 Å². The van der Waals surface area contributed by atoms with E-state index < -0.39 is 0 Å². The summed E-state index contributed by atoms with van der Waals surface area (Å²) in [6.45, 7) is 4.56. The van der Waals surface area contributed by atoms with Gasteiger partial charge in [0.25, 0.3) is 0 Å². The number of hydrogen-bond donors (Lipinski definition) is 0. The molecule has 4 heteroatoms. The smallest absolute Gasteiger partial charge is 0.0991 e. The molecule has 0 amide bonds. The lowest BCUT2D eigenvalue weighted by Gasteiger charge is -2.22. The molecule has 4 nitrogen and oxygen atoms in total. The summed E-state index contributed by atoms with van der Waals surface area (Å²) in [4.78, 5) is 0. The lowest BCUT2D eigenvalue weighted by atomic mass is 9.82. The predicted molar refractivity (Wildman–Crippen MR) is 182 cm³/mol. The Labute approximate surface area is 260 Å². The van der Waals surface area contributed by atoms with E-state index in [0.717, 1.165) is 49.8 Å². The first-order valence-electron chi connectivity index (χ1n) is 15.1. The molecule has 0 spiro atoms. The van der Waals surface area contributed by atoms with Gasteiger partial charge in [-0.15, -0.1) is 0 Å². The van der Waals surface area contributed by atoms with Crippen molar-refractivity contribution in [3.63, 3.8) is 0 Å². The van der Waals surface area contributed by atoms with Crippen LogP contribution in [0.3, 0.4) is 0 Å². The molecule has 0 radical (unpaired) electrons. The summed E-state index contributed by atoms with van der Waals surface area (Å²) in [5.74, 6) is 0. The lowest BCUT2D eigenvalue weighted by molar-refractivity contribution is 0.661. The Bertz CT molecular complexity index is 2650. The van der Waals surface area contributed by atoms with E-state index >= 15 is 0 Å². The first kappa shape index (κ1) is 25.4. The van der Waals surface area contributed by atoms with Crippen molar-refractivity contribution in [2.75, 3.05) is 0 Å². The Kier molecular flexibility index (Phi) is 5.06. The molecule has 0 fully saturated rings. The molecule has 210 valence electrons. The van der Waals surface area contributed by atoms with Crippen LogP contribution in [-0.2, 0) is 5.41 Å². The zero-order valence-electron chi connectivity index (χ0n) is 24.8. The van der Waals surface area contributed by atoms with Gasteiger partial charge in [0.15, 0.2) is 0 Å². The van der Waals surface area contributed by atoms with Gasteiger partial charge in [-0.1, -0.05) is 62.4 Å². The molecule has 0 aliphatic heterocycles. The van der Waals surface area contributed by atoms with Gasteiger partial charge < -0.3 is 9.13 Å². The molecule has 0 saturated heterocycles. The Morgan fingerprint density at radius 3 is 1.71 bits per heavy atom. The number of para-hydroxylation sites is 2. The average Bonchev–Trinajstić information content (AvgIpc) is 3.66. The molecular weight excluding hydrogens is 548 g/mol. The minimum Gasteiger partial charge on any atom is -0.309 e. The summed E-state index contributed by atoms with van der Waals surface area (Å²) in [5.41, 5.74) is 12.7. The van der Waals surface area contributed by atoms with Crippen molar-refractivity contribution in [3.05, 3.63) is 144 Å². The van der Waals surface area contributed by atoms with Gasteiger partial charge in [-0.25, -0.2) is 0 Å². The molecule has 1 aliphatic carbocycles. The number of rotatable bonds is 2. The van der Waals surface area contributed by atoms with Gasteiger partial charge in [-0.05, 0) is 95.1 Å². The molecule has 45 heavy (non-hydrogen) atoms. The maximum atomic E-state index is 9.65. The third-order valence-electron chi connectivity index (χ3n) is 9.75. The quantitative estimate of drug-likeness (QED) is 0.206. The van der Waals surface area contributed by atoms with Crippen LogP contribution in [0.25, 0.3) is 66.1 Å². The highest BCUT2D eigenvalue weighted by molar-refractivity contribution is 6.12. The van der Waals surface area contributed by atoms with E-state index in [9.17, 15) is 10.5 Å². The summed E-state index contributed by atoms with van der Waals surface area (Å²) < 4.78 is 4.68. The van der Waals surface area contributed by atoms with Crippen LogP contribution in [0.15, 0.2) is 121 Å². The van der Waals surface area contributed by atoms with Gasteiger partial charge in [-0.3, -0.25) is 0 Å². The highest BCUT2D eigenvalue weighted by atomic mass is 15.0. The second kappa shape index (κ2) is 8.96. The Hall–Kier alpha value is -6.10. The first-order chi connectivity index (χ1) is 22.0. The number of benzene rings is 6. The highest BCUT2D eigenvalue weighted by Gasteiger charge is 2.36. The largest absolute Gasteiger partial charge is 0.309 e.